The molecule has 0 spiro atoms. The molecule has 1 aromatic carbocycles. The number of carbonyl (C=O) groups excluding carboxylic acids is 1. The number of piperazine rings is 1. The maximum absolute atomic E-state index is 13.8. The smallest absolute Gasteiger partial charge is 0.407 e. The van der Waals surface area contributed by atoms with Crippen LogP contribution in [0.4, 0.5) is 14.9 Å². The van der Waals surface area contributed by atoms with Crippen molar-refractivity contribution in [3.8, 4) is 11.8 Å². The summed E-state index contributed by atoms with van der Waals surface area (Å²) >= 11 is 0. The fourth-order valence-corrected chi connectivity index (χ4v) is 5.69. The molecule has 11 nitrogen and oxygen atoms in total. The third-order valence-corrected chi connectivity index (χ3v) is 7.97. The number of halogens is 1. The van der Waals surface area contributed by atoms with Gasteiger partial charge in [-0.05, 0) is 37.6 Å². The van der Waals surface area contributed by atoms with Gasteiger partial charge in [0.05, 0.1) is 26.3 Å². The van der Waals surface area contributed by atoms with Gasteiger partial charge in [0.1, 0.15) is 18.1 Å². The van der Waals surface area contributed by atoms with E-state index >= 15 is 0 Å². The lowest BCUT2D eigenvalue weighted by Gasteiger charge is -2.47. The molecule has 40 heavy (non-hydrogen) atoms. The zero-order valence-electron chi connectivity index (χ0n) is 22.8. The summed E-state index contributed by atoms with van der Waals surface area (Å²) < 4.78 is 24.6. The second kappa shape index (κ2) is 11.9. The Labute approximate surface area is 232 Å². The van der Waals surface area contributed by atoms with Crippen LogP contribution in [-0.2, 0) is 16.0 Å². The number of carboxylic acid groups (broad SMARTS) is 1. The zero-order valence-corrected chi connectivity index (χ0v) is 22.8. The van der Waals surface area contributed by atoms with Crippen LogP contribution in [0, 0.1) is 5.82 Å². The first kappa shape index (κ1) is 28.1. The number of carbonyl (C=O) groups is 2. The number of ether oxygens (including phenoxy) is 2. The fourth-order valence-electron chi connectivity index (χ4n) is 5.69. The molecule has 2 aromatic rings. The number of pyridine rings is 1. The molecular weight excluding hydrogens is 521 g/mol. The molecule has 2 amide bonds. The lowest BCUT2D eigenvalue weighted by atomic mass is 10.0. The van der Waals surface area contributed by atoms with E-state index in [1.165, 1.54) is 17.0 Å². The number of morpholine rings is 1. The minimum atomic E-state index is -0.958. The Morgan fingerprint density at radius 1 is 1.07 bits per heavy atom. The van der Waals surface area contributed by atoms with E-state index < -0.39 is 6.09 Å². The zero-order chi connectivity index (χ0) is 28.4. The summed E-state index contributed by atoms with van der Waals surface area (Å²) in [6, 6.07) is 7.48. The van der Waals surface area contributed by atoms with Gasteiger partial charge in [-0.15, -0.1) is 0 Å². The second-order valence-electron chi connectivity index (χ2n) is 10.8. The molecule has 2 saturated heterocycles. The van der Waals surface area contributed by atoms with Crippen molar-refractivity contribution in [3.63, 3.8) is 0 Å². The fraction of sp³-hybridized carbons (Fsp3) is 0.536. The quantitative estimate of drug-likeness (QED) is 0.550. The molecule has 3 aliphatic heterocycles. The summed E-state index contributed by atoms with van der Waals surface area (Å²) in [4.78, 5) is 37.4. The van der Waals surface area contributed by atoms with Crippen molar-refractivity contribution in [3.05, 3.63) is 47.3 Å². The molecule has 0 bridgehead atoms. The predicted octanol–water partition coefficient (Wildman–Crippen LogP) is 2.02. The normalized spacial score (nSPS) is 23.9. The Morgan fingerprint density at radius 2 is 1.85 bits per heavy atom. The third kappa shape index (κ3) is 6.13. The number of nitrogens with zero attached hydrogens (tertiary/aromatic N) is 5. The van der Waals surface area contributed by atoms with Gasteiger partial charge in [-0.3, -0.25) is 14.6 Å². The van der Waals surface area contributed by atoms with Crippen molar-refractivity contribution in [2.75, 3.05) is 64.0 Å². The number of rotatable bonds is 6. The Hall–Kier alpha value is -3.48. The van der Waals surface area contributed by atoms with Crippen molar-refractivity contribution in [2.24, 2.45) is 0 Å². The van der Waals surface area contributed by atoms with Crippen LogP contribution < -0.4 is 9.64 Å². The molecule has 1 aromatic heterocycles. The molecule has 0 unspecified atom stereocenters. The van der Waals surface area contributed by atoms with Crippen LogP contribution in [-0.4, -0.2) is 119 Å². The monoisotopic (exact) mass is 557 g/mol. The van der Waals surface area contributed by atoms with Crippen molar-refractivity contribution in [2.45, 2.75) is 38.4 Å². The van der Waals surface area contributed by atoms with Crippen molar-refractivity contribution < 1.29 is 33.7 Å². The number of fused-ring (bicyclic) bond motifs is 1. The number of aromatic hydroxyl groups is 1. The van der Waals surface area contributed by atoms with Gasteiger partial charge in [-0.1, -0.05) is 12.1 Å². The average Bonchev–Trinajstić information content (AvgIpc) is 2.92. The summed E-state index contributed by atoms with van der Waals surface area (Å²) in [5, 5.41) is 20.3. The molecule has 3 atom stereocenters. The lowest BCUT2D eigenvalue weighted by molar-refractivity contribution is -0.122. The van der Waals surface area contributed by atoms with Gasteiger partial charge in [0, 0.05) is 56.3 Å². The van der Waals surface area contributed by atoms with E-state index in [2.05, 4.69) is 21.7 Å². The number of benzene rings is 1. The van der Waals surface area contributed by atoms with Gasteiger partial charge in [0.15, 0.2) is 0 Å². The highest BCUT2D eigenvalue weighted by atomic mass is 19.1. The Bertz CT molecular complexity index is 1230. The van der Waals surface area contributed by atoms with Crippen LogP contribution >= 0.6 is 0 Å². The van der Waals surface area contributed by atoms with Gasteiger partial charge < -0.3 is 29.5 Å². The Morgan fingerprint density at radius 3 is 2.58 bits per heavy atom. The Balaban J connectivity index is 1.35. The van der Waals surface area contributed by atoms with Crippen LogP contribution in [0.1, 0.15) is 25.0 Å². The van der Waals surface area contributed by atoms with Gasteiger partial charge in [0.2, 0.25) is 17.7 Å². The maximum Gasteiger partial charge on any atom is 0.407 e. The number of aromatic nitrogens is 1. The van der Waals surface area contributed by atoms with Gasteiger partial charge >= 0.3 is 6.09 Å². The van der Waals surface area contributed by atoms with Crippen molar-refractivity contribution in [1.29, 1.82) is 0 Å². The number of amides is 2. The van der Waals surface area contributed by atoms with E-state index in [0.29, 0.717) is 57.1 Å². The van der Waals surface area contributed by atoms with E-state index in [9.17, 15) is 24.2 Å². The minimum absolute atomic E-state index is 0.106. The number of hydrogen-bond acceptors (Lipinski definition) is 8. The molecule has 12 heteroatoms. The van der Waals surface area contributed by atoms with Gasteiger partial charge in [-0.2, -0.15) is 4.98 Å². The van der Waals surface area contributed by atoms with E-state index in [1.54, 1.807) is 23.1 Å². The van der Waals surface area contributed by atoms with Gasteiger partial charge in [0.25, 0.3) is 0 Å². The molecule has 2 fully saturated rings. The molecule has 0 radical (unpaired) electrons. The molecule has 0 aliphatic carbocycles. The topological polar surface area (TPSA) is 119 Å². The summed E-state index contributed by atoms with van der Waals surface area (Å²) in [7, 11) is 0. The first-order valence-corrected chi connectivity index (χ1v) is 13.7. The highest BCUT2D eigenvalue weighted by Crippen LogP contribution is 2.35. The van der Waals surface area contributed by atoms with E-state index in [1.807, 2.05) is 6.92 Å². The highest BCUT2D eigenvalue weighted by Gasteiger charge is 2.38. The van der Waals surface area contributed by atoms with E-state index in [0.717, 1.165) is 12.1 Å². The lowest BCUT2D eigenvalue weighted by Crippen LogP contribution is -2.64. The summed E-state index contributed by atoms with van der Waals surface area (Å²) in [6.07, 6.45) is -0.650. The first-order chi connectivity index (χ1) is 19.2. The molecule has 0 saturated carbocycles. The average molecular weight is 558 g/mol. The van der Waals surface area contributed by atoms with Crippen LogP contribution in [0.5, 0.6) is 11.8 Å². The highest BCUT2D eigenvalue weighted by molar-refractivity contribution is 5.96. The predicted molar refractivity (Wildman–Crippen MR) is 144 cm³/mol. The number of anilines is 1. The van der Waals surface area contributed by atoms with Gasteiger partial charge in [-0.25, -0.2) is 9.18 Å². The molecule has 4 heterocycles. The number of hydrogen-bond donors (Lipinski definition) is 2. The van der Waals surface area contributed by atoms with Crippen LogP contribution in [0.2, 0.25) is 0 Å². The van der Waals surface area contributed by atoms with Crippen LogP contribution in [0.15, 0.2) is 30.3 Å². The maximum atomic E-state index is 13.8. The van der Waals surface area contributed by atoms with Crippen LogP contribution in [0.25, 0.3) is 0 Å². The largest absolute Gasteiger partial charge is 0.493 e. The van der Waals surface area contributed by atoms with Crippen molar-refractivity contribution in [1.82, 2.24) is 19.7 Å². The summed E-state index contributed by atoms with van der Waals surface area (Å²) in [5.41, 5.74) is 1.76. The third-order valence-electron chi connectivity index (χ3n) is 7.97. The van der Waals surface area contributed by atoms with Crippen LogP contribution in [0.3, 0.4) is 0 Å². The Kier molecular flexibility index (Phi) is 8.38. The molecule has 216 valence electrons. The standard InChI is InChI=1S/C28H36FN5O6/c1-18-13-32(23(15-34(18)28(37)38)14-31-7-9-39-17-19(31)2)16-25(35)33-8-10-40-27-24(33)12-21(26(36)30-27)11-20-3-5-22(29)6-4-20/h3-6,12,18-19,23H,7-11,13-17H2,1-2H3,(H,30,36)(H,37,38)/t18-,19-,23+/m1/s1. The summed E-state index contributed by atoms with van der Waals surface area (Å²) in [5.74, 6) is -0.513. The minimum Gasteiger partial charge on any atom is -0.493 e. The van der Waals surface area contributed by atoms with E-state index in [-0.39, 0.29) is 54.8 Å². The molecule has 3 aliphatic rings. The summed E-state index contributed by atoms with van der Waals surface area (Å²) in [6.45, 7) is 7.99. The van der Waals surface area contributed by atoms with Crippen molar-refractivity contribution >= 4 is 17.7 Å². The first-order valence-electron chi connectivity index (χ1n) is 13.7. The molecule has 5 rings (SSSR count). The SMILES string of the molecule is C[C@@H]1COCCN1C[C@H]1CN(C(=O)O)[C@H](C)CN1CC(=O)N1CCOc2nc(O)c(Cc3ccc(F)cc3)cc21. The molecule has 2 N–H and O–H groups in total. The second-order valence-corrected chi connectivity index (χ2v) is 10.8. The van der Waals surface area contributed by atoms with E-state index in [4.69, 9.17) is 9.47 Å². The molecular formula is C28H36FN5O6.